The van der Waals surface area contributed by atoms with Crippen molar-refractivity contribution in [2.45, 2.75) is 84.0 Å². The van der Waals surface area contributed by atoms with Crippen LogP contribution in [0.1, 0.15) is 65.7 Å². The summed E-state index contributed by atoms with van der Waals surface area (Å²) in [5.74, 6) is 1.17. The Kier molecular flexibility index (Phi) is 4.11. The van der Waals surface area contributed by atoms with Crippen LogP contribution in [0, 0.1) is 46.3 Å². The average molecular weight is 391 g/mol. The van der Waals surface area contributed by atoms with Crippen LogP contribution in [0.25, 0.3) is 0 Å². The van der Waals surface area contributed by atoms with Gasteiger partial charge >= 0.3 is 5.97 Å². The molecule has 1 saturated heterocycles. The molecule has 1 heterocycles. The van der Waals surface area contributed by atoms with Crippen molar-refractivity contribution in [1.82, 2.24) is 0 Å². The molecule has 0 aromatic heterocycles. The minimum Gasteiger partial charge on any atom is -0.462 e. The third kappa shape index (κ3) is 2.38. The zero-order valence-corrected chi connectivity index (χ0v) is 17.3. The molecule has 11 unspecified atom stereocenters. The number of carbonyl (C=O) groups is 2. The van der Waals surface area contributed by atoms with E-state index in [1.54, 1.807) is 0 Å². The first-order chi connectivity index (χ1) is 13.1. The molecule has 2 N–H and O–H groups in total. The number of fused-ring (bicyclic) bond motifs is 7. The molecule has 0 aromatic rings. The second-order valence-corrected chi connectivity index (χ2v) is 11.2. The number of hydrogen-bond donors (Lipinski definition) is 2. The first kappa shape index (κ1) is 19.0. The van der Waals surface area contributed by atoms with Gasteiger partial charge in [0.2, 0.25) is 0 Å². The number of ether oxygens (including phenoxy) is 1. The molecule has 5 rings (SSSR count). The van der Waals surface area contributed by atoms with E-state index in [4.69, 9.17) is 4.74 Å². The summed E-state index contributed by atoms with van der Waals surface area (Å²) in [6.45, 7) is 6.62. The van der Waals surface area contributed by atoms with Gasteiger partial charge in [0, 0.05) is 24.7 Å². The summed E-state index contributed by atoms with van der Waals surface area (Å²) in [6, 6.07) is 0. The van der Waals surface area contributed by atoms with Gasteiger partial charge in [-0.2, -0.15) is 0 Å². The van der Waals surface area contributed by atoms with Crippen molar-refractivity contribution in [3.63, 3.8) is 0 Å². The molecule has 0 radical (unpaired) electrons. The number of rotatable bonds is 0. The summed E-state index contributed by atoms with van der Waals surface area (Å²) in [6.07, 6.45) is 3.75. The molecule has 5 heteroatoms. The summed E-state index contributed by atoms with van der Waals surface area (Å²) in [7, 11) is 0. The van der Waals surface area contributed by atoms with E-state index in [1.165, 1.54) is 0 Å². The van der Waals surface area contributed by atoms with E-state index in [-0.39, 0.29) is 64.4 Å². The normalized spacial score (nSPS) is 58.2. The van der Waals surface area contributed by atoms with Gasteiger partial charge in [-0.1, -0.05) is 20.8 Å². The first-order valence-corrected chi connectivity index (χ1v) is 11.2. The van der Waals surface area contributed by atoms with Crippen molar-refractivity contribution in [3.8, 4) is 0 Å². The van der Waals surface area contributed by atoms with Crippen molar-refractivity contribution >= 4 is 11.8 Å². The van der Waals surface area contributed by atoms with E-state index in [0.717, 1.165) is 25.7 Å². The monoisotopic (exact) mass is 390 g/mol. The Labute approximate surface area is 167 Å². The Morgan fingerprint density at radius 1 is 1.04 bits per heavy atom. The average Bonchev–Trinajstić information content (AvgIpc) is 2.88. The van der Waals surface area contributed by atoms with Crippen LogP contribution in [0.5, 0.6) is 0 Å². The number of aliphatic hydroxyl groups is 2. The summed E-state index contributed by atoms with van der Waals surface area (Å²) in [5.41, 5.74) is -0.306. The summed E-state index contributed by atoms with van der Waals surface area (Å²) >= 11 is 0. The highest BCUT2D eigenvalue weighted by molar-refractivity contribution is 5.83. The van der Waals surface area contributed by atoms with Crippen molar-refractivity contribution in [2.75, 3.05) is 0 Å². The van der Waals surface area contributed by atoms with Gasteiger partial charge in [-0.3, -0.25) is 9.59 Å². The van der Waals surface area contributed by atoms with Crippen LogP contribution in [0.4, 0.5) is 0 Å². The fourth-order valence-corrected chi connectivity index (χ4v) is 8.93. The number of Topliss-reactive ketones (excluding diaryl/α,β-unsaturated/α-hetero) is 1. The number of carbonyl (C=O) groups excluding carboxylic acids is 2. The molecule has 4 saturated carbocycles. The van der Waals surface area contributed by atoms with E-state index >= 15 is 0 Å². The molecule has 11 atom stereocenters. The Morgan fingerprint density at radius 2 is 1.79 bits per heavy atom. The maximum atomic E-state index is 13.2. The van der Waals surface area contributed by atoms with Gasteiger partial charge < -0.3 is 14.9 Å². The maximum absolute atomic E-state index is 13.2. The minimum absolute atomic E-state index is 0.0639. The third-order valence-corrected chi connectivity index (χ3v) is 9.83. The molecule has 5 nitrogen and oxygen atoms in total. The zero-order chi connectivity index (χ0) is 20.0. The summed E-state index contributed by atoms with van der Waals surface area (Å²) in [5, 5.41) is 21.6. The van der Waals surface area contributed by atoms with E-state index < -0.39 is 6.10 Å². The zero-order valence-electron chi connectivity index (χ0n) is 17.3. The van der Waals surface area contributed by atoms with Crippen LogP contribution in [0.2, 0.25) is 0 Å². The van der Waals surface area contributed by atoms with Crippen LogP contribution in [-0.4, -0.2) is 40.3 Å². The molecule has 4 aliphatic carbocycles. The number of esters is 1. The second-order valence-electron chi connectivity index (χ2n) is 11.2. The molecule has 5 aliphatic rings. The quantitative estimate of drug-likeness (QED) is 0.622. The Hall–Kier alpha value is -0.940. The predicted molar refractivity (Wildman–Crippen MR) is 102 cm³/mol. The number of hydrogen-bond acceptors (Lipinski definition) is 5. The van der Waals surface area contributed by atoms with Crippen LogP contribution < -0.4 is 0 Å². The topological polar surface area (TPSA) is 83.8 Å². The summed E-state index contributed by atoms with van der Waals surface area (Å²) < 4.78 is 5.79. The van der Waals surface area contributed by atoms with Gasteiger partial charge in [-0.15, -0.1) is 0 Å². The number of ketones is 1. The third-order valence-electron chi connectivity index (χ3n) is 9.83. The molecule has 1 aliphatic heterocycles. The standard InChI is InChI=1S/C23H34O5/c1-11-6-19(27)28-18-9-14-13-8-16(25)15-7-12(24)4-5-22(15,2)21(13)17(26)10-23(14,3)20(11)18/h11-15,17-18,20-21,24,26H,4-10H2,1-3H3. The van der Waals surface area contributed by atoms with Crippen molar-refractivity contribution < 1.29 is 24.5 Å². The van der Waals surface area contributed by atoms with Crippen LogP contribution in [0.15, 0.2) is 0 Å². The molecule has 0 aromatic carbocycles. The lowest BCUT2D eigenvalue weighted by Crippen LogP contribution is -2.61. The van der Waals surface area contributed by atoms with E-state index in [1.807, 2.05) is 0 Å². The summed E-state index contributed by atoms with van der Waals surface area (Å²) in [4.78, 5) is 25.2. The Bertz CT molecular complexity index is 705. The highest BCUT2D eigenvalue weighted by Crippen LogP contribution is 2.68. The predicted octanol–water partition coefficient (Wildman–Crippen LogP) is 2.72. The smallest absolute Gasteiger partial charge is 0.306 e. The molecule has 28 heavy (non-hydrogen) atoms. The highest BCUT2D eigenvalue weighted by Gasteiger charge is 2.68. The fraction of sp³-hybridized carbons (Fsp3) is 0.913. The molecule has 0 spiro atoms. The van der Waals surface area contributed by atoms with Gasteiger partial charge in [0.1, 0.15) is 11.9 Å². The molecular formula is C23H34O5. The van der Waals surface area contributed by atoms with Gasteiger partial charge in [0.15, 0.2) is 0 Å². The minimum atomic E-state index is -0.425. The van der Waals surface area contributed by atoms with Crippen molar-refractivity contribution in [3.05, 3.63) is 0 Å². The van der Waals surface area contributed by atoms with Gasteiger partial charge in [-0.05, 0) is 66.6 Å². The van der Waals surface area contributed by atoms with Gasteiger partial charge in [0.05, 0.1) is 12.2 Å². The van der Waals surface area contributed by atoms with Gasteiger partial charge in [0.25, 0.3) is 0 Å². The second kappa shape index (κ2) is 6.04. The highest BCUT2D eigenvalue weighted by atomic mass is 16.5. The lowest BCUT2D eigenvalue weighted by molar-refractivity contribution is -0.187. The van der Waals surface area contributed by atoms with Crippen LogP contribution >= 0.6 is 0 Å². The first-order valence-electron chi connectivity index (χ1n) is 11.2. The Balaban J connectivity index is 1.53. The maximum Gasteiger partial charge on any atom is 0.306 e. The molecule has 156 valence electrons. The molecule has 5 fully saturated rings. The van der Waals surface area contributed by atoms with Crippen LogP contribution in [-0.2, 0) is 14.3 Å². The molecule has 0 bridgehead atoms. The largest absolute Gasteiger partial charge is 0.462 e. The molecular weight excluding hydrogens is 356 g/mol. The van der Waals surface area contributed by atoms with Crippen molar-refractivity contribution in [2.24, 2.45) is 46.3 Å². The van der Waals surface area contributed by atoms with E-state index in [0.29, 0.717) is 25.2 Å². The van der Waals surface area contributed by atoms with Crippen molar-refractivity contribution in [1.29, 1.82) is 0 Å². The number of aliphatic hydroxyl groups excluding tert-OH is 2. The lowest BCUT2D eigenvalue weighted by Gasteiger charge is -2.61. The fourth-order valence-electron chi connectivity index (χ4n) is 8.93. The lowest BCUT2D eigenvalue weighted by atomic mass is 9.43. The van der Waals surface area contributed by atoms with Gasteiger partial charge in [-0.25, -0.2) is 0 Å². The van der Waals surface area contributed by atoms with Crippen LogP contribution in [0.3, 0.4) is 0 Å². The SMILES string of the molecule is CC1CC(=O)OC2CC3C4CC(=O)C5CC(O)CCC5(C)C4C(O)CC3(C)C12. The Morgan fingerprint density at radius 3 is 2.54 bits per heavy atom. The van der Waals surface area contributed by atoms with E-state index in [2.05, 4.69) is 20.8 Å². The molecule has 0 amide bonds. The van der Waals surface area contributed by atoms with E-state index in [9.17, 15) is 19.8 Å².